The highest BCUT2D eigenvalue weighted by atomic mass is 32.2. The average Bonchev–Trinajstić information content (AvgIpc) is 2.38. The van der Waals surface area contributed by atoms with Gasteiger partial charge in [-0.25, -0.2) is 5.01 Å². The summed E-state index contributed by atoms with van der Waals surface area (Å²) in [5.41, 5.74) is 4.24. The second-order valence-electron chi connectivity index (χ2n) is 4.26. The summed E-state index contributed by atoms with van der Waals surface area (Å²) in [5, 5.41) is 4.13. The van der Waals surface area contributed by atoms with Gasteiger partial charge in [0.15, 0.2) is 0 Å². The zero-order valence-corrected chi connectivity index (χ0v) is 10.2. The van der Waals surface area contributed by atoms with Crippen LogP contribution in [0.1, 0.15) is 12.8 Å². The molecule has 88 valence electrons. The monoisotopic (exact) mass is 246 g/mol. The smallest absolute Gasteiger partial charge is 0.234 e. The van der Waals surface area contributed by atoms with E-state index in [4.69, 9.17) is 0 Å². The van der Waals surface area contributed by atoms with Gasteiger partial charge in [-0.3, -0.25) is 10.2 Å². The quantitative estimate of drug-likeness (QED) is 0.769. The maximum atomic E-state index is 11.4. The summed E-state index contributed by atoms with van der Waals surface area (Å²) >= 11 is 1.74. The molecule has 0 saturated carbocycles. The Kier molecular flexibility index (Phi) is 2.91. The van der Waals surface area contributed by atoms with Crippen molar-refractivity contribution in [2.24, 2.45) is 0 Å². The van der Waals surface area contributed by atoms with Gasteiger partial charge in [-0.15, -0.1) is 0 Å². The Labute approximate surface area is 105 Å². The molecule has 17 heavy (non-hydrogen) atoms. The number of carbonyl (C=O) groups excluding carboxylic acids is 1. The molecule has 0 bridgehead atoms. The van der Waals surface area contributed by atoms with E-state index in [-0.39, 0.29) is 11.9 Å². The number of nitrogens with zero attached hydrogens (tertiary/aromatic N) is 1. The van der Waals surface area contributed by atoms with Crippen LogP contribution < -0.4 is 5.43 Å². The topological polar surface area (TPSA) is 32.3 Å². The van der Waals surface area contributed by atoms with Gasteiger partial charge in [-0.05, 0) is 23.5 Å². The molecule has 1 fully saturated rings. The van der Waals surface area contributed by atoms with Gasteiger partial charge in [-0.1, -0.05) is 36.1 Å². The van der Waals surface area contributed by atoms with E-state index in [0.29, 0.717) is 6.42 Å². The van der Waals surface area contributed by atoms with Crippen molar-refractivity contribution >= 4 is 17.7 Å². The van der Waals surface area contributed by atoms with Crippen molar-refractivity contribution in [2.45, 2.75) is 18.9 Å². The number of rotatable bonds is 1. The third kappa shape index (κ3) is 2.10. The Morgan fingerprint density at radius 1 is 1.35 bits per heavy atom. The summed E-state index contributed by atoms with van der Waals surface area (Å²) in [6.45, 7) is 0.916. The standard InChI is InChI=1S/C13H14N2OS/c16-13-7-2-8-15(14-13)11-5-1-6-12-10(11)4-3-9-17-12/h1,3-6,9,11H,2,7-8H2,(H,14,16). The first-order valence-electron chi connectivity index (χ1n) is 5.83. The molecule has 0 aromatic carbocycles. The lowest BCUT2D eigenvalue weighted by Gasteiger charge is -2.36. The SMILES string of the molecule is O=C1CCCN(C2C=CC=C3SC=CC=C32)N1. The Morgan fingerprint density at radius 2 is 2.29 bits per heavy atom. The molecule has 2 aliphatic heterocycles. The molecular weight excluding hydrogens is 232 g/mol. The number of nitrogens with one attached hydrogen (secondary N) is 1. The predicted molar refractivity (Wildman–Crippen MR) is 69.9 cm³/mol. The number of fused-ring (bicyclic) bond motifs is 1. The lowest BCUT2D eigenvalue weighted by molar-refractivity contribution is -0.129. The minimum atomic E-state index is 0.125. The highest BCUT2D eigenvalue weighted by Crippen LogP contribution is 2.35. The number of hydrazine groups is 1. The van der Waals surface area contributed by atoms with Gasteiger partial charge in [0.25, 0.3) is 0 Å². The van der Waals surface area contributed by atoms with Gasteiger partial charge >= 0.3 is 0 Å². The van der Waals surface area contributed by atoms with E-state index in [2.05, 4.69) is 41.2 Å². The second kappa shape index (κ2) is 4.55. The van der Waals surface area contributed by atoms with E-state index in [1.54, 1.807) is 11.8 Å². The highest BCUT2D eigenvalue weighted by molar-refractivity contribution is 8.06. The number of thioether (sulfide) groups is 1. The van der Waals surface area contributed by atoms with Crippen LogP contribution in [0.3, 0.4) is 0 Å². The lowest BCUT2D eigenvalue weighted by atomic mass is 9.99. The first kappa shape index (κ1) is 10.9. The summed E-state index contributed by atoms with van der Waals surface area (Å²) in [6, 6.07) is 0.178. The van der Waals surface area contributed by atoms with Gasteiger partial charge in [0, 0.05) is 17.9 Å². The average molecular weight is 246 g/mol. The maximum absolute atomic E-state index is 11.4. The van der Waals surface area contributed by atoms with Crippen molar-refractivity contribution in [1.82, 2.24) is 10.4 Å². The molecule has 3 rings (SSSR count). The third-order valence-corrected chi connectivity index (χ3v) is 4.02. The lowest BCUT2D eigenvalue weighted by Crippen LogP contribution is -2.52. The van der Waals surface area contributed by atoms with Crippen LogP contribution >= 0.6 is 11.8 Å². The van der Waals surface area contributed by atoms with Gasteiger partial charge in [0.1, 0.15) is 0 Å². The maximum Gasteiger partial charge on any atom is 0.234 e. The van der Waals surface area contributed by atoms with Crippen molar-refractivity contribution in [3.8, 4) is 0 Å². The van der Waals surface area contributed by atoms with E-state index < -0.39 is 0 Å². The molecule has 1 saturated heterocycles. The van der Waals surface area contributed by atoms with E-state index >= 15 is 0 Å². The molecule has 1 N–H and O–H groups in total. The fourth-order valence-electron chi connectivity index (χ4n) is 2.30. The van der Waals surface area contributed by atoms with Gasteiger partial charge in [0.05, 0.1) is 6.04 Å². The summed E-state index contributed by atoms with van der Waals surface area (Å²) in [5.74, 6) is 0.125. The Hall–Kier alpha value is -1.26. The highest BCUT2D eigenvalue weighted by Gasteiger charge is 2.28. The molecule has 0 spiro atoms. The van der Waals surface area contributed by atoms with Crippen molar-refractivity contribution in [3.05, 3.63) is 46.3 Å². The molecule has 0 aromatic rings. The molecule has 2 heterocycles. The molecule has 0 aromatic heterocycles. The van der Waals surface area contributed by atoms with Crippen LogP contribution in [-0.4, -0.2) is 23.5 Å². The fraction of sp³-hybridized carbons (Fsp3) is 0.308. The normalized spacial score (nSPS) is 28.2. The van der Waals surface area contributed by atoms with E-state index in [1.807, 2.05) is 5.01 Å². The van der Waals surface area contributed by atoms with E-state index in [9.17, 15) is 4.79 Å². The molecule has 1 amide bonds. The van der Waals surface area contributed by atoms with Crippen LogP contribution in [0, 0.1) is 0 Å². The van der Waals surface area contributed by atoms with Crippen molar-refractivity contribution in [2.75, 3.05) is 6.54 Å². The van der Waals surface area contributed by atoms with Crippen LogP contribution in [0.4, 0.5) is 0 Å². The zero-order valence-electron chi connectivity index (χ0n) is 9.43. The number of amides is 1. The summed E-state index contributed by atoms with van der Waals surface area (Å²) in [6.07, 6.45) is 12.1. The Morgan fingerprint density at radius 3 is 3.18 bits per heavy atom. The van der Waals surface area contributed by atoms with Gasteiger partial charge in [0.2, 0.25) is 5.91 Å². The van der Waals surface area contributed by atoms with Crippen molar-refractivity contribution < 1.29 is 4.79 Å². The number of allylic oxidation sites excluding steroid dienone is 4. The van der Waals surface area contributed by atoms with Crippen LogP contribution in [-0.2, 0) is 4.79 Å². The largest absolute Gasteiger partial charge is 0.288 e. The molecule has 0 radical (unpaired) electrons. The second-order valence-corrected chi connectivity index (χ2v) is 5.21. The van der Waals surface area contributed by atoms with Crippen LogP contribution in [0.25, 0.3) is 0 Å². The minimum absolute atomic E-state index is 0.125. The molecule has 3 nitrogen and oxygen atoms in total. The molecular formula is C13H14N2OS. The Balaban J connectivity index is 1.85. The first-order valence-corrected chi connectivity index (χ1v) is 6.71. The van der Waals surface area contributed by atoms with Crippen molar-refractivity contribution in [1.29, 1.82) is 0 Å². The summed E-state index contributed by atoms with van der Waals surface area (Å²) < 4.78 is 0. The Bertz CT molecular complexity index is 462. The van der Waals surface area contributed by atoms with Gasteiger partial charge in [-0.2, -0.15) is 0 Å². The number of hydrogen-bond acceptors (Lipinski definition) is 3. The van der Waals surface area contributed by atoms with Crippen LogP contribution in [0.5, 0.6) is 0 Å². The van der Waals surface area contributed by atoms with E-state index in [0.717, 1.165) is 13.0 Å². The van der Waals surface area contributed by atoms with Gasteiger partial charge < -0.3 is 0 Å². The first-order chi connectivity index (χ1) is 8.34. The summed E-state index contributed by atoms with van der Waals surface area (Å²) in [7, 11) is 0. The minimum Gasteiger partial charge on any atom is -0.288 e. The molecule has 3 aliphatic rings. The van der Waals surface area contributed by atoms with Crippen LogP contribution in [0.2, 0.25) is 0 Å². The molecule has 1 aliphatic carbocycles. The summed E-state index contributed by atoms with van der Waals surface area (Å²) in [4.78, 5) is 12.7. The molecule has 1 atom stereocenters. The zero-order chi connectivity index (χ0) is 11.7. The fourth-order valence-corrected chi connectivity index (χ4v) is 3.09. The van der Waals surface area contributed by atoms with Crippen LogP contribution in [0.15, 0.2) is 46.3 Å². The molecule has 4 heteroatoms. The molecule has 1 unspecified atom stereocenters. The number of hydrogen-bond donors (Lipinski definition) is 1. The predicted octanol–water partition coefficient (Wildman–Crippen LogP) is 2.12. The number of carbonyl (C=O) groups is 1. The van der Waals surface area contributed by atoms with E-state index in [1.165, 1.54) is 10.5 Å². The van der Waals surface area contributed by atoms with Crippen molar-refractivity contribution in [3.63, 3.8) is 0 Å². The third-order valence-electron chi connectivity index (χ3n) is 3.10.